The lowest BCUT2D eigenvalue weighted by Gasteiger charge is -2.27. The summed E-state index contributed by atoms with van der Waals surface area (Å²) in [5.41, 5.74) is -0.446. The smallest absolute Gasteiger partial charge is 0.300 e. The number of carbonyl (C=O) groups is 1. The summed E-state index contributed by atoms with van der Waals surface area (Å²) in [5.74, 6) is -0.539. The number of halogens is 1. The summed E-state index contributed by atoms with van der Waals surface area (Å²) in [7, 11) is 0. The molecule has 0 radical (unpaired) electrons. The second-order valence-electron chi connectivity index (χ2n) is 5.22. The van der Waals surface area contributed by atoms with E-state index >= 15 is 0 Å². The first-order valence-electron chi connectivity index (χ1n) is 6.90. The number of hydrogen-bond donors (Lipinski definition) is 2. The van der Waals surface area contributed by atoms with Crippen LogP contribution in [0.15, 0.2) is 18.2 Å². The molecule has 1 aromatic carbocycles. The number of nitro groups is 1. The first kappa shape index (κ1) is 15.7. The zero-order valence-corrected chi connectivity index (χ0v) is 12.2. The largest absolute Gasteiger partial charge is 0.393 e. The SMILES string of the molecule is O=C(NCC1CCCCC1O)c1cccc(Cl)c1[N+](=O)[O-]. The number of rotatable bonds is 4. The molecule has 2 rings (SSSR count). The van der Waals surface area contributed by atoms with Gasteiger partial charge in [0.1, 0.15) is 10.6 Å². The molecule has 1 aromatic rings. The van der Waals surface area contributed by atoms with Crippen molar-refractivity contribution in [3.8, 4) is 0 Å². The minimum Gasteiger partial charge on any atom is -0.393 e. The summed E-state index contributed by atoms with van der Waals surface area (Å²) in [5, 5.41) is 23.5. The highest BCUT2D eigenvalue weighted by Crippen LogP contribution is 2.28. The molecule has 0 bridgehead atoms. The average molecular weight is 313 g/mol. The third-order valence-electron chi connectivity index (χ3n) is 3.81. The highest BCUT2D eigenvalue weighted by Gasteiger charge is 2.26. The Morgan fingerprint density at radius 3 is 2.81 bits per heavy atom. The van der Waals surface area contributed by atoms with Gasteiger partial charge in [0.15, 0.2) is 0 Å². The predicted molar refractivity (Wildman–Crippen MR) is 78.4 cm³/mol. The van der Waals surface area contributed by atoms with Crippen LogP contribution in [0.25, 0.3) is 0 Å². The van der Waals surface area contributed by atoms with Gasteiger partial charge in [0, 0.05) is 12.5 Å². The average Bonchev–Trinajstić information content (AvgIpc) is 2.45. The number of aliphatic hydroxyl groups is 1. The fourth-order valence-electron chi connectivity index (χ4n) is 2.63. The minimum atomic E-state index is -0.660. The molecule has 0 aromatic heterocycles. The van der Waals surface area contributed by atoms with Gasteiger partial charge < -0.3 is 10.4 Å². The molecule has 0 heterocycles. The van der Waals surface area contributed by atoms with Gasteiger partial charge in [-0.2, -0.15) is 0 Å². The number of benzene rings is 1. The van der Waals surface area contributed by atoms with E-state index in [9.17, 15) is 20.0 Å². The van der Waals surface area contributed by atoms with Crippen molar-refractivity contribution in [2.75, 3.05) is 6.54 Å². The van der Waals surface area contributed by atoms with Gasteiger partial charge in [-0.05, 0) is 25.0 Å². The van der Waals surface area contributed by atoms with Gasteiger partial charge in [-0.3, -0.25) is 14.9 Å². The maximum Gasteiger partial charge on any atom is 0.300 e. The molecule has 1 amide bonds. The Labute approximate surface area is 127 Å². The lowest BCUT2D eigenvalue weighted by molar-refractivity contribution is -0.385. The zero-order valence-electron chi connectivity index (χ0n) is 11.4. The maximum absolute atomic E-state index is 12.1. The first-order valence-corrected chi connectivity index (χ1v) is 7.27. The van der Waals surface area contributed by atoms with Crippen LogP contribution in [0.5, 0.6) is 0 Å². The molecular formula is C14H17ClN2O4. The van der Waals surface area contributed by atoms with Crippen LogP contribution in [0.2, 0.25) is 5.02 Å². The summed E-state index contributed by atoms with van der Waals surface area (Å²) >= 11 is 5.78. The van der Waals surface area contributed by atoms with E-state index in [0.717, 1.165) is 25.7 Å². The first-order chi connectivity index (χ1) is 10.0. The predicted octanol–water partition coefficient (Wildman–Crippen LogP) is 2.53. The molecular weight excluding hydrogens is 296 g/mol. The second kappa shape index (κ2) is 6.87. The van der Waals surface area contributed by atoms with E-state index in [-0.39, 0.29) is 22.2 Å². The highest BCUT2D eigenvalue weighted by molar-refractivity contribution is 6.33. The molecule has 114 valence electrons. The Hall–Kier alpha value is -1.66. The van der Waals surface area contributed by atoms with Crippen molar-refractivity contribution in [1.82, 2.24) is 5.32 Å². The van der Waals surface area contributed by atoms with E-state index in [4.69, 9.17) is 11.6 Å². The van der Waals surface area contributed by atoms with Gasteiger partial charge in [0.25, 0.3) is 5.91 Å². The van der Waals surface area contributed by atoms with Crippen LogP contribution in [0, 0.1) is 16.0 Å². The Morgan fingerprint density at radius 1 is 1.43 bits per heavy atom. The van der Waals surface area contributed by atoms with Gasteiger partial charge >= 0.3 is 5.69 Å². The van der Waals surface area contributed by atoms with E-state index in [2.05, 4.69) is 5.32 Å². The Balaban J connectivity index is 2.07. The van der Waals surface area contributed by atoms with Crippen molar-refractivity contribution < 1.29 is 14.8 Å². The second-order valence-corrected chi connectivity index (χ2v) is 5.62. The Bertz CT molecular complexity index is 550. The number of carbonyl (C=O) groups excluding carboxylic acids is 1. The molecule has 6 nitrogen and oxygen atoms in total. The van der Waals surface area contributed by atoms with E-state index < -0.39 is 16.9 Å². The van der Waals surface area contributed by atoms with Crippen molar-refractivity contribution in [2.24, 2.45) is 5.92 Å². The van der Waals surface area contributed by atoms with Crippen molar-refractivity contribution >= 4 is 23.2 Å². The maximum atomic E-state index is 12.1. The van der Waals surface area contributed by atoms with Crippen LogP contribution in [0.4, 0.5) is 5.69 Å². The van der Waals surface area contributed by atoms with Crippen LogP contribution in [-0.4, -0.2) is 28.6 Å². The molecule has 1 fully saturated rings. The zero-order chi connectivity index (χ0) is 15.4. The molecule has 1 aliphatic carbocycles. The molecule has 0 spiro atoms. The van der Waals surface area contributed by atoms with Crippen molar-refractivity contribution in [3.63, 3.8) is 0 Å². The summed E-state index contributed by atoms with van der Waals surface area (Å²) in [4.78, 5) is 22.5. The Morgan fingerprint density at radius 2 is 2.14 bits per heavy atom. The number of para-hydroxylation sites is 1. The van der Waals surface area contributed by atoms with Gasteiger partial charge in [0.2, 0.25) is 0 Å². The molecule has 21 heavy (non-hydrogen) atoms. The van der Waals surface area contributed by atoms with Gasteiger partial charge in [-0.1, -0.05) is 30.5 Å². The summed E-state index contributed by atoms with van der Waals surface area (Å²) in [6, 6.07) is 4.25. The topological polar surface area (TPSA) is 92.5 Å². The summed E-state index contributed by atoms with van der Waals surface area (Å²) in [6.07, 6.45) is 3.17. The molecule has 0 saturated heterocycles. The number of nitrogens with zero attached hydrogens (tertiary/aromatic N) is 1. The summed E-state index contributed by atoms with van der Waals surface area (Å²) < 4.78 is 0. The molecule has 0 aliphatic heterocycles. The van der Waals surface area contributed by atoms with Gasteiger partial charge in [-0.15, -0.1) is 0 Å². The van der Waals surface area contributed by atoms with Crippen molar-refractivity contribution in [2.45, 2.75) is 31.8 Å². The Kier molecular flexibility index (Phi) is 5.14. The quantitative estimate of drug-likeness (QED) is 0.660. The monoisotopic (exact) mass is 312 g/mol. The van der Waals surface area contributed by atoms with Crippen molar-refractivity contribution in [1.29, 1.82) is 0 Å². The fourth-order valence-corrected chi connectivity index (χ4v) is 2.87. The number of hydrogen-bond acceptors (Lipinski definition) is 4. The standard InChI is InChI=1S/C14H17ClN2O4/c15-11-6-3-5-10(13(11)17(20)21)14(19)16-8-9-4-1-2-7-12(9)18/h3,5-6,9,12,18H,1-2,4,7-8H2,(H,16,19). The molecule has 2 atom stereocenters. The molecule has 2 unspecified atom stereocenters. The van der Waals surface area contributed by atoms with Crippen LogP contribution < -0.4 is 5.32 Å². The number of aliphatic hydroxyl groups excluding tert-OH is 1. The molecule has 2 N–H and O–H groups in total. The lowest BCUT2D eigenvalue weighted by atomic mass is 9.86. The van der Waals surface area contributed by atoms with E-state index in [1.165, 1.54) is 18.2 Å². The number of nitrogens with one attached hydrogen (secondary N) is 1. The van der Waals surface area contributed by atoms with Gasteiger partial charge in [0.05, 0.1) is 11.0 Å². The van der Waals surface area contributed by atoms with E-state index in [1.54, 1.807) is 0 Å². The molecule has 1 aliphatic rings. The van der Waals surface area contributed by atoms with Crippen molar-refractivity contribution in [3.05, 3.63) is 38.9 Å². The third-order valence-corrected chi connectivity index (χ3v) is 4.11. The van der Waals surface area contributed by atoms with Crippen LogP contribution in [-0.2, 0) is 0 Å². The molecule has 7 heteroatoms. The highest BCUT2D eigenvalue weighted by atomic mass is 35.5. The lowest BCUT2D eigenvalue weighted by Crippen LogP contribution is -2.36. The van der Waals surface area contributed by atoms with Crippen LogP contribution >= 0.6 is 11.6 Å². The summed E-state index contributed by atoms with van der Waals surface area (Å²) in [6.45, 7) is 0.309. The van der Waals surface area contributed by atoms with Crippen LogP contribution in [0.1, 0.15) is 36.0 Å². The minimum absolute atomic E-state index is 0.000871. The van der Waals surface area contributed by atoms with Gasteiger partial charge in [-0.25, -0.2) is 0 Å². The number of nitro benzene ring substituents is 1. The van der Waals surface area contributed by atoms with E-state index in [1.807, 2.05) is 0 Å². The normalized spacial score (nSPS) is 21.8. The van der Waals surface area contributed by atoms with Crippen LogP contribution in [0.3, 0.4) is 0 Å². The number of amides is 1. The van der Waals surface area contributed by atoms with E-state index in [0.29, 0.717) is 6.54 Å². The molecule has 1 saturated carbocycles. The third kappa shape index (κ3) is 3.71. The fraction of sp³-hybridized carbons (Fsp3) is 0.500.